The van der Waals surface area contributed by atoms with Gasteiger partial charge in [0.2, 0.25) is 0 Å². The van der Waals surface area contributed by atoms with E-state index in [9.17, 15) is 19.2 Å². The van der Waals surface area contributed by atoms with Gasteiger partial charge in [0.25, 0.3) is 0 Å². The topological polar surface area (TPSA) is 68.3 Å². The predicted molar refractivity (Wildman–Crippen MR) is 123 cm³/mol. The van der Waals surface area contributed by atoms with Crippen molar-refractivity contribution in [2.24, 2.45) is 23.7 Å². The van der Waals surface area contributed by atoms with Gasteiger partial charge in [0.1, 0.15) is 23.1 Å². The summed E-state index contributed by atoms with van der Waals surface area (Å²) in [5.41, 5.74) is 0. The molecule has 0 heterocycles. The molecule has 4 nitrogen and oxygen atoms in total. The van der Waals surface area contributed by atoms with Gasteiger partial charge in [-0.3, -0.25) is 19.2 Å². The van der Waals surface area contributed by atoms with E-state index in [1.54, 1.807) is 0 Å². The standard InChI is InChI=1S/2C9H16O2.CH4.FH.I3/c2*1-6(2)8(10)5-9(11)7(3)4;;;1-3-2/h2*6-7H,5H2,1-4H3;1H4;1H;/q;;;;-1/p-1. The van der Waals surface area contributed by atoms with Gasteiger partial charge in [-0.1, -0.05) is 62.8 Å². The van der Waals surface area contributed by atoms with Gasteiger partial charge in [-0.2, -0.15) is 0 Å². The van der Waals surface area contributed by atoms with E-state index in [1.165, 1.54) is 0 Å². The first kappa shape index (κ1) is 38.4. The van der Waals surface area contributed by atoms with Crippen LogP contribution < -0.4 is 18.0 Å². The fourth-order valence-electron chi connectivity index (χ4n) is 1.16. The van der Waals surface area contributed by atoms with Crippen molar-refractivity contribution in [3.05, 3.63) is 0 Å². The van der Waals surface area contributed by atoms with Gasteiger partial charge < -0.3 is 4.70 Å². The van der Waals surface area contributed by atoms with Gasteiger partial charge in [0.15, 0.2) is 0 Å². The number of Topliss-reactive ketones (excluding diaryl/α,β-unsaturated/α-hetero) is 4. The first-order valence-corrected chi connectivity index (χ1v) is 20.9. The molecule has 0 unspecified atom stereocenters. The molecule has 0 aliphatic heterocycles. The Kier molecular flexibility index (Phi) is 32.8. The normalized spacial score (nSPS) is 9.56. The van der Waals surface area contributed by atoms with E-state index < -0.39 is 0 Å². The molecule has 0 aromatic carbocycles. The van der Waals surface area contributed by atoms with Crippen molar-refractivity contribution < 1.29 is 37.1 Å². The second kappa shape index (κ2) is 23.1. The molecule has 0 spiro atoms. The maximum Gasteiger partial charge on any atom is -1.00 e. The van der Waals surface area contributed by atoms with Gasteiger partial charge in [-0.05, 0) is 0 Å². The second-order valence-electron chi connectivity index (χ2n) is 6.89. The zero-order chi connectivity index (χ0) is 20.7. The molecule has 0 bridgehead atoms. The molecular formula is C19H36FI3O4-2. The van der Waals surface area contributed by atoms with Crippen molar-refractivity contribution in [2.45, 2.75) is 75.7 Å². The average molecular weight is 728 g/mol. The van der Waals surface area contributed by atoms with E-state index in [0.29, 0.717) is 13.3 Å². The third-order valence-corrected chi connectivity index (χ3v) is 3.27. The van der Waals surface area contributed by atoms with Crippen LogP contribution in [0.25, 0.3) is 0 Å². The SMILES string of the molecule is C.CC(C)C(=O)CC(=O)C(C)C.CC(C)C(=O)CC(=O)C(C)C.I[I-]I.[F-]. The van der Waals surface area contributed by atoms with Crippen molar-refractivity contribution in [2.75, 3.05) is 0 Å². The minimum absolute atomic E-state index is 0. The van der Waals surface area contributed by atoms with Crippen LogP contribution in [-0.4, -0.2) is 23.1 Å². The molecule has 0 N–H and O–H groups in total. The monoisotopic (exact) mass is 728 g/mol. The van der Waals surface area contributed by atoms with E-state index in [4.69, 9.17) is 0 Å². The molecule has 8 heteroatoms. The number of carbonyl (C=O) groups excluding carboxylic acids is 4. The number of hydrogen-bond donors (Lipinski definition) is 0. The Morgan fingerprint density at radius 3 is 0.778 bits per heavy atom. The van der Waals surface area contributed by atoms with Gasteiger partial charge >= 0.3 is 50.5 Å². The Morgan fingerprint density at radius 1 is 0.593 bits per heavy atom. The summed E-state index contributed by atoms with van der Waals surface area (Å²) < 4.78 is 0. The quantitative estimate of drug-likeness (QED) is 0.263. The fraction of sp³-hybridized carbons (Fsp3) is 0.789. The Balaban J connectivity index is -0.0000000978. The van der Waals surface area contributed by atoms with E-state index in [-0.39, 0.29) is 71.8 Å². The van der Waals surface area contributed by atoms with Gasteiger partial charge in [-0.25, -0.2) is 0 Å². The molecule has 0 amide bonds. The number of hydrogen-bond acceptors (Lipinski definition) is 4. The molecule has 0 aliphatic rings. The Labute approximate surface area is 195 Å². The van der Waals surface area contributed by atoms with E-state index in [0.717, 1.165) is 0 Å². The van der Waals surface area contributed by atoms with Crippen molar-refractivity contribution >= 4 is 60.4 Å². The molecule has 0 fully saturated rings. The van der Waals surface area contributed by atoms with Gasteiger partial charge in [0.05, 0.1) is 12.8 Å². The van der Waals surface area contributed by atoms with Gasteiger partial charge in [0, 0.05) is 23.7 Å². The maximum atomic E-state index is 11.0. The first-order valence-electron chi connectivity index (χ1n) is 8.29. The molecule has 0 saturated carbocycles. The predicted octanol–water partition coefficient (Wildman–Crippen LogP) is 0.0689. The fourth-order valence-corrected chi connectivity index (χ4v) is 1.16. The number of halogens is 4. The molecule has 0 saturated heterocycles. The Bertz CT molecular complexity index is 349. The molecule has 0 rings (SSSR count). The summed E-state index contributed by atoms with van der Waals surface area (Å²) in [4.78, 5) is 44.1. The van der Waals surface area contributed by atoms with Crippen LogP contribution in [-0.2, 0) is 19.2 Å². The number of ketones is 4. The van der Waals surface area contributed by atoms with Crippen LogP contribution in [0.3, 0.4) is 0 Å². The summed E-state index contributed by atoms with van der Waals surface area (Å²) in [5, 5.41) is 0. The van der Waals surface area contributed by atoms with Crippen LogP contribution in [0.5, 0.6) is 0 Å². The summed E-state index contributed by atoms with van der Waals surface area (Å²) in [6.07, 6.45) is 0.213. The smallest absolute Gasteiger partial charge is 1.00 e. The third kappa shape index (κ3) is 26.8. The van der Waals surface area contributed by atoms with Crippen molar-refractivity contribution in [1.82, 2.24) is 0 Å². The van der Waals surface area contributed by atoms with Crippen LogP contribution in [0.15, 0.2) is 0 Å². The molecule has 0 atom stereocenters. The van der Waals surface area contributed by atoms with Crippen LogP contribution in [0, 0.1) is 23.7 Å². The summed E-state index contributed by atoms with van der Waals surface area (Å²) in [5.74, 6) is 0.116. The number of rotatable bonds is 8. The molecule has 166 valence electrons. The summed E-state index contributed by atoms with van der Waals surface area (Å²) in [6.45, 7) is 14.5. The zero-order valence-corrected chi connectivity index (χ0v) is 23.3. The van der Waals surface area contributed by atoms with Crippen molar-refractivity contribution in [3.8, 4) is 0 Å². The zero-order valence-electron chi connectivity index (χ0n) is 16.9. The van der Waals surface area contributed by atoms with E-state index in [1.807, 2.05) is 55.4 Å². The molecular weight excluding hydrogens is 692 g/mol. The van der Waals surface area contributed by atoms with Gasteiger partial charge in [-0.15, -0.1) is 0 Å². The van der Waals surface area contributed by atoms with Crippen molar-refractivity contribution in [1.29, 1.82) is 0 Å². The first-order chi connectivity index (χ1) is 11.3. The molecule has 0 aromatic heterocycles. The van der Waals surface area contributed by atoms with Crippen molar-refractivity contribution in [3.63, 3.8) is 0 Å². The molecule has 0 aliphatic carbocycles. The number of carbonyl (C=O) groups is 4. The maximum absolute atomic E-state index is 11.0. The summed E-state index contributed by atoms with van der Waals surface area (Å²) in [6, 6.07) is 0. The van der Waals surface area contributed by atoms with Crippen LogP contribution in [0.4, 0.5) is 0 Å². The Hall–Kier alpha value is 0.800. The summed E-state index contributed by atoms with van der Waals surface area (Å²) >= 11 is 5.30. The van der Waals surface area contributed by atoms with Crippen LogP contribution in [0.2, 0.25) is 0 Å². The molecule has 27 heavy (non-hydrogen) atoms. The van der Waals surface area contributed by atoms with E-state index >= 15 is 0 Å². The average Bonchev–Trinajstić information content (AvgIpc) is 2.47. The minimum Gasteiger partial charge on any atom is -1.00 e. The van der Waals surface area contributed by atoms with Crippen LogP contribution >= 0.6 is 37.2 Å². The molecule has 0 radical (unpaired) electrons. The largest absolute Gasteiger partial charge is 1.00 e. The molecule has 0 aromatic rings. The van der Waals surface area contributed by atoms with Crippen LogP contribution in [0.1, 0.15) is 75.7 Å². The Morgan fingerprint density at radius 2 is 0.704 bits per heavy atom. The summed E-state index contributed by atoms with van der Waals surface area (Å²) in [7, 11) is 0. The van der Waals surface area contributed by atoms with E-state index in [2.05, 4.69) is 37.2 Å². The third-order valence-electron chi connectivity index (χ3n) is 3.27. The minimum atomic E-state index is -0.0160. The second-order valence-corrected chi connectivity index (χ2v) is 23.1.